The Morgan fingerprint density at radius 2 is 2.00 bits per heavy atom. The van der Waals surface area contributed by atoms with Gasteiger partial charge in [-0.1, -0.05) is 68.7 Å². The first-order valence-corrected chi connectivity index (χ1v) is 9.07. The number of ether oxygens (including phenoxy) is 1. The minimum absolute atomic E-state index is 0.0743. The Bertz CT molecular complexity index is 655. The molecule has 2 rings (SSSR count). The van der Waals surface area contributed by atoms with Crippen LogP contribution in [0.25, 0.3) is 0 Å². The first-order chi connectivity index (χ1) is 12.0. The van der Waals surface area contributed by atoms with Gasteiger partial charge in [-0.25, -0.2) is 0 Å². The Hall–Kier alpha value is -2.13. The van der Waals surface area contributed by atoms with Crippen LogP contribution in [0.15, 0.2) is 66.0 Å². The molecule has 0 bridgehead atoms. The largest absolute Gasteiger partial charge is 0.512 e. The van der Waals surface area contributed by atoms with Gasteiger partial charge < -0.3 is 9.84 Å². The molecule has 1 aromatic carbocycles. The smallest absolute Gasteiger partial charge is 0.185 e. The van der Waals surface area contributed by atoms with Crippen LogP contribution in [0.1, 0.15) is 56.3 Å². The van der Waals surface area contributed by atoms with Crippen LogP contribution in [-0.4, -0.2) is 23.1 Å². The monoisotopic (exact) mass is 340 g/mol. The second kappa shape index (κ2) is 9.38. The second-order valence-corrected chi connectivity index (χ2v) is 6.70. The normalized spacial score (nSPS) is 20.4. The number of carbonyl (C=O) groups is 1. The zero-order valence-electron chi connectivity index (χ0n) is 15.2. The van der Waals surface area contributed by atoms with E-state index in [4.69, 9.17) is 4.74 Å². The molecule has 0 radical (unpaired) electrons. The van der Waals surface area contributed by atoms with E-state index in [1.54, 1.807) is 18.2 Å². The lowest BCUT2D eigenvalue weighted by molar-refractivity contribution is -0.00393. The fraction of sp³-hybridized carbons (Fsp3) is 0.409. The number of benzene rings is 1. The number of aliphatic hydroxyl groups excluding tert-OH is 1. The molecule has 1 aromatic rings. The maximum atomic E-state index is 12.1. The van der Waals surface area contributed by atoms with Gasteiger partial charge >= 0.3 is 0 Å². The molecule has 0 saturated heterocycles. The third-order valence-electron chi connectivity index (χ3n) is 4.37. The van der Waals surface area contributed by atoms with Crippen molar-refractivity contribution in [2.24, 2.45) is 0 Å². The van der Waals surface area contributed by atoms with Crippen molar-refractivity contribution >= 4 is 5.78 Å². The van der Waals surface area contributed by atoms with Crippen molar-refractivity contribution in [3.05, 3.63) is 71.5 Å². The lowest BCUT2D eigenvalue weighted by Gasteiger charge is -2.29. The quantitative estimate of drug-likeness (QED) is 0.364. The van der Waals surface area contributed by atoms with Crippen LogP contribution < -0.4 is 0 Å². The highest BCUT2D eigenvalue weighted by molar-refractivity contribution is 6.04. The molecule has 1 atom stereocenters. The van der Waals surface area contributed by atoms with Crippen molar-refractivity contribution in [3.8, 4) is 0 Å². The molecule has 3 nitrogen and oxygen atoms in total. The molecule has 3 heteroatoms. The van der Waals surface area contributed by atoms with Crippen LogP contribution in [0.2, 0.25) is 0 Å². The molecular weight excluding hydrogens is 312 g/mol. The van der Waals surface area contributed by atoms with Gasteiger partial charge in [0, 0.05) is 24.2 Å². The molecule has 0 aromatic heterocycles. The molecule has 134 valence electrons. The summed E-state index contributed by atoms with van der Waals surface area (Å²) in [6, 6.07) is 9.10. The van der Waals surface area contributed by atoms with Crippen LogP contribution in [0, 0.1) is 0 Å². The summed E-state index contributed by atoms with van der Waals surface area (Å²) in [4.78, 5) is 12.1. The maximum absolute atomic E-state index is 12.1. The van der Waals surface area contributed by atoms with Gasteiger partial charge in [-0.05, 0) is 25.5 Å². The fourth-order valence-corrected chi connectivity index (χ4v) is 2.80. The van der Waals surface area contributed by atoms with Crippen molar-refractivity contribution in [2.45, 2.75) is 51.6 Å². The van der Waals surface area contributed by atoms with E-state index >= 15 is 0 Å². The molecule has 0 amide bonds. The number of carbonyl (C=O) groups excluding carboxylic acids is 1. The molecule has 1 unspecified atom stereocenters. The topological polar surface area (TPSA) is 46.5 Å². The average Bonchev–Trinajstić information content (AvgIpc) is 2.61. The highest BCUT2D eigenvalue weighted by Crippen LogP contribution is 2.29. The first kappa shape index (κ1) is 19.2. The van der Waals surface area contributed by atoms with E-state index in [9.17, 15) is 9.90 Å². The molecule has 0 saturated carbocycles. The first-order valence-electron chi connectivity index (χ1n) is 9.07. The molecule has 0 spiro atoms. The molecule has 1 aliphatic rings. The average molecular weight is 340 g/mol. The Labute approximate surface area is 150 Å². The van der Waals surface area contributed by atoms with E-state index in [2.05, 4.69) is 6.92 Å². The van der Waals surface area contributed by atoms with Crippen molar-refractivity contribution in [3.63, 3.8) is 0 Å². The number of hydrogen-bond acceptors (Lipinski definition) is 3. The Kier molecular flexibility index (Phi) is 7.20. The molecule has 0 heterocycles. The Morgan fingerprint density at radius 1 is 1.24 bits per heavy atom. The molecular formula is C22H28O3. The Morgan fingerprint density at radius 3 is 2.68 bits per heavy atom. The van der Waals surface area contributed by atoms with Crippen LogP contribution in [0.5, 0.6) is 0 Å². The number of aliphatic hydroxyl groups is 1. The summed E-state index contributed by atoms with van der Waals surface area (Å²) < 4.78 is 5.96. The van der Waals surface area contributed by atoms with Gasteiger partial charge in [-0.15, -0.1) is 0 Å². The third-order valence-corrected chi connectivity index (χ3v) is 4.37. The zero-order valence-corrected chi connectivity index (χ0v) is 15.2. The molecule has 25 heavy (non-hydrogen) atoms. The summed E-state index contributed by atoms with van der Waals surface area (Å²) in [6.45, 7) is 4.87. The number of unbranched alkanes of at least 4 members (excludes halogenated alkanes) is 3. The fourth-order valence-electron chi connectivity index (χ4n) is 2.80. The minimum Gasteiger partial charge on any atom is -0.512 e. The summed E-state index contributed by atoms with van der Waals surface area (Å²) in [6.07, 6.45) is 12.0. The number of hydrogen-bond donors (Lipinski definition) is 1. The molecule has 0 fully saturated rings. The minimum atomic E-state index is -0.475. The zero-order chi connectivity index (χ0) is 18.1. The van der Waals surface area contributed by atoms with Crippen molar-refractivity contribution < 1.29 is 14.6 Å². The van der Waals surface area contributed by atoms with Gasteiger partial charge in [0.15, 0.2) is 5.78 Å². The van der Waals surface area contributed by atoms with Gasteiger partial charge in [0.1, 0.15) is 5.76 Å². The molecule has 1 N–H and O–H groups in total. The van der Waals surface area contributed by atoms with Crippen molar-refractivity contribution in [1.29, 1.82) is 0 Å². The number of rotatable bonds is 9. The van der Waals surface area contributed by atoms with Crippen LogP contribution in [0.3, 0.4) is 0 Å². The molecule has 0 aliphatic heterocycles. The number of allylic oxidation sites excluding steroid dienone is 4. The third kappa shape index (κ3) is 6.02. The van der Waals surface area contributed by atoms with Gasteiger partial charge in [-0.3, -0.25) is 4.79 Å². The SMILES string of the molecule is CCCCCCOC1(C)C=CC(C=CC(=O)c2ccccc2)=C(O)C1. The van der Waals surface area contributed by atoms with Crippen molar-refractivity contribution in [2.75, 3.05) is 6.61 Å². The van der Waals surface area contributed by atoms with Gasteiger partial charge in [0.2, 0.25) is 0 Å². The summed E-state index contributed by atoms with van der Waals surface area (Å²) in [5, 5.41) is 10.3. The van der Waals surface area contributed by atoms with E-state index in [1.165, 1.54) is 25.3 Å². The van der Waals surface area contributed by atoms with E-state index in [0.29, 0.717) is 24.2 Å². The van der Waals surface area contributed by atoms with Crippen LogP contribution in [0.4, 0.5) is 0 Å². The lowest BCUT2D eigenvalue weighted by Crippen LogP contribution is -2.29. The van der Waals surface area contributed by atoms with Crippen molar-refractivity contribution in [1.82, 2.24) is 0 Å². The van der Waals surface area contributed by atoms with Gasteiger partial charge in [-0.2, -0.15) is 0 Å². The Balaban J connectivity index is 1.91. The second-order valence-electron chi connectivity index (χ2n) is 6.70. The standard InChI is InChI=1S/C22H28O3/c1-3-4-5-9-16-25-22(2)15-14-19(21(24)17-22)12-13-20(23)18-10-7-6-8-11-18/h6-8,10-15,24H,3-5,9,16-17H2,1-2H3. The highest BCUT2D eigenvalue weighted by Gasteiger charge is 2.27. The van der Waals surface area contributed by atoms with E-state index in [-0.39, 0.29) is 11.5 Å². The molecule has 1 aliphatic carbocycles. The predicted octanol–water partition coefficient (Wildman–Crippen LogP) is 5.55. The van der Waals surface area contributed by atoms with Crippen LogP contribution >= 0.6 is 0 Å². The van der Waals surface area contributed by atoms with E-state index < -0.39 is 5.60 Å². The highest BCUT2D eigenvalue weighted by atomic mass is 16.5. The lowest BCUT2D eigenvalue weighted by atomic mass is 9.91. The van der Waals surface area contributed by atoms with Crippen LogP contribution in [-0.2, 0) is 4.74 Å². The summed E-state index contributed by atoms with van der Waals surface area (Å²) >= 11 is 0. The van der Waals surface area contributed by atoms with E-state index in [0.717, 1.165) is 6.42 Å². The summed E-state index contributed by atoms with van der Waals surface area (Å²) in [5.41, 5.74) is 0.826. The van der Waals surface area contributed by atoms with Gasteiger partial charge in [0.25, 0.3) is 0 Å². The maximum Gasteiger partial charge on any atom is 0.185 e. The van der Waals surface area contributed by atoms with Gasteiger partial charge in [0.05, 0.1) is 5.60 Å². The van der Waals surface area contributed by atoms with E-state index in [1.807, 2.05) is 37.3 Å². The predicted molar refractivity (Wildman–Crippen MR) is 102 cm³/mol. The summed E-state index contributed by atoms with van der Waals surface area (Å²) in [7, 11) is 0. The summed E-state index contributed by atoms with van der Waals surface area (Å²) in [5.74, 6) is 0.186. The number of ketones is 1.